The Bertz CT molecular complexity index is 465. The number of hydrogen-bond donors (Lipinski definition) is 2. The number of hydrogen-bond acceptors (Lipinski definition) is 3. The van der Waals surface area contributed by atoms with Gasteiger partial charge in [-0.25, -0.2) is 0 Å². The third-order valence-electron chi connectivity index (χ3n) is 3.13. The highest BCUT2D eigenvalue weighted by atomic mass is 16.2. The first kappa shape index (κ1) is 17.0. The molecule has 0 fully saturated rings. The number of nitrogens with zero attached hydrogens (tertiary/aromatic N) is 1. The normalized spacial score (nSPS) is 10.3. The molecule has 1 aromatic rings. The highest BCUT2D eigenvalue weighted by molar-refractivity contribution is 5.94. The van der Waals surface area contributed by atoms with Crippen molar-refractivity contribution in [1.82, 2.24) is 10.2 Å². The number of carbonyl (C=O) groups excluding carboxylic acids is 2. The summed E-state index contributed by atoms with van der Waals surface area (Å²) in [5.41, 5.74) is 1.45. The van der Waals surface area contributed by atoms with E-state index in [9.17, 15) is 9.59 Å². The van der Waals surface area contributed by atoms with E-state index in [1.165, 1.54) is 0 Å². The lowest BCUT2D eigenvalue weighted by atomic mass is 10.2. The SMILES string of the molecule is CCN(CC)C(=O)CNc1ccc(C(=O)NC(C)C)cc1. The van der Waals surface area contributed by atoms with Gasteiger partial charge in [0, 0.05) is 30.4 Å². The Balaban J connectivity index is 2.55. The molecule has 0 unspecified atom stereocenters. The highest BCUT2D eigenvalue weighted by Crippen LogP contribution is 2.09. The number of rotatable bonds is 7. The first-order chi connectivity index (χ1) is 9.97. The Morgan fingerprint density at radius 3 is 2.14 bits per heavy atom. The van der Waals surface area contributed by atoms with E-state index < -0.39 is 0 Å². The lowest BCUT2D eigenvalue weighted by Crippen LogP contribution is -2.35. The Morgan fingerprint density at radius 2 is 1.67 bits per heavy atom. The number of likely N-dealkylation sites (N-methyl/N-ethyl adjacent to an activating group) is 1. The van der Waals surface area contributed by atoms with Gasteiger partial charge in [0.25, 0.3) is 5.91 Å². The third-order valence-corrected chi connectivity index (χ3v) is 3.13. The van der Waals surface area contributed by atoms with Gasteiger partial charge in [-0.1, -0.05) is 0 Å². The van der Waals surface area contributed by atoms with E-state index in [-0.39, 0.29) is 24.4 Å². The molecule has 0 aromatic heterocycles. The van der Waals surface area contributed by atoms with Crippen LogP contribution in [0.5, 0.6) is 0 Å². The van der Waals surface area contributed by atoms with Gasteiger partial charge in [-0.15, -0.1) is 0 Å². The highest BCUT2D eigenvalue weighted by Gasteiger charge is 2.09. The van der Waals surface area contributed by atoms with Crippen LogP contribution >= 0.6 is 0 Å². The lowest BCUT2D eigenvalue weighted by Gasteiger charge is -2.19. The summed E-state index contributed by atoms with van der Waals surface area (Å²) >= 11 is 0. The molecule has 0 spiro atoms. The predicted molar refractivity (Wildman–Crippen MR) is 85.5 cm³/mol. The predicted octanol–water partition coefficient (Wildman–Crippen LogP) is 2.11. The molecule has 1 aromatic carbocycles. The molecule has 21 heavy (non-hydrogen) atoms. The quantitative estimate of drug-likeness (QED) is 0.809. The summed E-state index contributed by atoms with van der Waals surface area (Å²) in [6.45, 7) is 9.46. The van der Waals surface area contributed by atoms with Crippen molar-refractivity contribution in [3.63, 3.8) is 0 Å². The van der Waals surface area contributed by atoms with Crippen LogP contribution in [0, 0.1) is 0 Å². The smallest absolute Gasteiger partial charge is 0.251 e. The monoisotopic (exact) mass is 291 g/mol. The van der Waals surface area contributed by atoms with E-state index in [0.717, 1.165) is 5.69 Å². The zero-order valence-electron chi connectivity index (χ0n) is 13.3. The van der Waals surface area contributed by atoms with E-state index in [2.05, 4.69) is 10.6 Å². The van der Waals surface area contributed by atoms with Gasteiger partial charge in [0.1, 0.15) is 0 Å². The van der Waals surface area contributed by atoms with Crippen LogP contribution in [0.2, 0.25) is 0 Å². The van der Waals surface area contributed by atoms with Gasteiger partial charge in [-0.2, -0.15) is 0 Å². The average Bonchev–Trinajstić information content (AvgIpc) is 2.46. The second-order valence-electron chi connectivity index (χ2n) is 5.13. The van der Waals surface area contributed by atoms with Gasteiger partial charge < -0.3 is 15.5 Å². The summed E-state index contributed by atoms with van der Waals surface area (Å²) in [5.74, 6) is -0.0163. The average molecular weight is 291 g/mol. The van der Waals surface area contributed by atoms with Gasteiger partial charge in [0.15, 0.2) is 0 Å². The van der Waals surface area contributed by atoms with Crippen LogP contribution in [-0.4, -0.2) is 42.4 Å². The third kappa shape index (κ3) is 5.45. The zero-order chi connectivity index (χ0) is 15.8. The van der Waals surface area contributed by atoms with Crippen LogP contribution < -0.4 is 10.6 Å². The number of nitrogens with one attached hydrogen (secondary N) is 2. The van der Waals surface area contributed by atoms with Crippen molar-refractivity contribution in [1.29, 1.82) is 0 Å². The van der Waals surface area contributed by atoms with Crippen LogP contribution in [0.4, 0.5) is 5.69 Å². The fourth-order valence-corrected chi connectivity index (χ4v) is 1.95. The van der Waals surface area contributed by atoms with Gasteiger partial charge >= 0.3 is 0 Å². The van der Waals surface area contributed by atoms with E-state index in [4.69, 9.17) is 0 Å². The largest absolute Gasteiger partial charge is 0.376 e. The van der Waals surface area contributed by atoms with Crippen LogP contribution in [-0.2, 0) is 4.79 Å². The fraction of sp³-hybridized carbons (Fsp3) is 0.500. The number of anilines is 1. The molecular formula is C16H25N3O2. The molecule has 0 aliphatic rings. The van der Waals surface area contributed by atoms with Gasteiger partial charge in [0.2, 0.25) is 5.91 Å². The molecule has 5 heteroatoms. The van der Waals surface area contributed by atoms with E-state index in [1.54, 1.807) is 17.0 Å². The van der Waals surface area contributed by atoms with E-state index in [1.807, 2.05) is 39.8 Å². The second-order valence-corrected chi connectivity index (χ2v) is 5.13. The second kappa shape index (κ2) is 8.29. The lowest BCUT2D eigenvalue weighted by molar-refractivity contribution is -0.128. The molecule has 0 bridgehead atoms. The molecule has 0 aliphatic carbocycles. The molecule has 5 nitrogen and oxygen atoms in total. The first-order valence-electron chi connectivity index (χ1n) is 7.40. The summed E-state index contributed by atoms with van der Waals surface area (Å²) in [7, 11) is 0. The van der Waals surface area contributed by atoms with Gasteiger partial charge in [-0.05, 0) is 52.0 Å². The molecule has 0 aliphatic heterocycles. The van der Waals surface area contributed by atoms with Crippen LogP contribution in [0.25, 0.3) is 0 Å². The molecule has 0 atom stereocenters. The Labute approximate surface area is 126 Å². The van der Waals surface area contributed by atoms with Gasteiger partial charge in [0.05, 0.1) is 6.54 Å². The molecule has 0 radical (unpaired) electrons. The molecular weight excluding hydrogens is 266 g/mol. The van der Waals surface area contributed by atoms with Gasteiger partial charge in [-0.3, -0.25) is 9.59 Å². The standard InChI is InChI=1S/C16H25N3O2/c1-5-19(6-2)15(20)11-17-14-9-7-13(8-10-14)16(21)18-12(3)4/h7-10,12,17H,5-6,11H2,1-4H3,(H,18,21). The Hall–Kier alpha value is -2.04. The van der Waals surface area contributed by atoms with Crippen molar-refractivity contribution in [2.45, 2.75) is 33.7 Å². The minimum atomic E-state index is -0.0873. The molecule has 0 heterocycles. The van der Waals surface area contributed by atoms with Crippen LogP contribution in [0.1, 0.15) is 38.1 Å². The molecule has 116 valence electrons. The number of amides is 2. The fourth-order valence-electron chi connectivity index (χ4n) is 1.95. The first-order valence-corrected chi connectivity index (χ1v) is 7.40. The number of benzene rings is 1. The van der Waals surface area contributed by atoms with E-state index in [0.29, 0.717) is 18.7 Å². The Kier molecular flexibility index (Phi) is 6.72. The molecule has 2 amide bonds. The van der Waals surface area contributed by atoms with Crippen molar-refractivity contribution in [2.24, 2.45) is 0 Å². The van der Waals surface area contributed by atoms with Crippen molar-refractivity contribution < 1.29 is 9.59 Å². The summed E-state index contributed by atoms with van der Waals surface area (Å²) in [6.07, 6.45) is 0. The van der Waals surface area contributed by atoms with Crippen molar-refractivity contribution >= 4 is 17.5 Å². The number of carbonyl (C=O) groups is 2. The summed E-state index contributed by atoms with van der Waals surface area (Å²) in [4.78, 5) is 25.5. The molecule has 0 saturated heterocycles. The summed E-state index contributed by atoms with van der Waals surface area (Å²) in [6, 6.07) is 7.24. The van der Waals surface area contributed by atoms with E-state index >= 15 is 0 Å². The summed E-state index contributed by atoms with van der Waals surface area (Å²) in [5, 5.41) is 5.92. The zero-order valence-corrected chi connectivity index (χ0v) is 13.3. The minimum absolute atomic E-state index is 0.0710. The van der Waals surface area contributed by atoms with Crippen LogP contribution in [0.3, 0.4) is 0 Å². The van der Waals surface area contributed by atoms with Crippen molar-refractivity contribution in [2.75, 3.05) is 25.0 Å². The topological polar surface area (TPSA) is 61.4 Å². The Morgan fingerprint density at radius 1 is 1.10 bits per heavy atom. The molecule has 2 N–H and O–H groups in total. The molecule has 1 rings (SSSR count). The maximum atomic E-state index is 11.9. The van der Waals surface area contributed by atoms with Crippen LogP contribution in [0.15, 0.2) is 24.3 Å². The summed E-state index contributed by atoms with van der Waals surface area (Å²) < 4.78 is 0. The minimum Gasteiger partial charge on any atom is -0.376 e. The van der Waals surface area contributed by atoms with Crippen molar-refractivity contribution in [3.8, 4) is 0 Å². The van der Waals surface area contributed by atoms with Crippen molar-refractivity contribution in [3.05, 3.63) is 29.8 Å². The molecule has 0 saturated carbocycles. The maximum absolute atomic E-state index is 11.9. The maximum Gasteiger partial charge on any atom is 0.251 e.